The summed E-state index contributed by atoms with van der Waals surface area (Å²) in [5, 5.41) is 5.55. The van der Waals surface area contributed by atoms with Gasteiger partial charge in [-0.3, -0.25) is 0 Å². The van der Waals surface area contributed by atoms with Crippen LogP contribution in [0.4, 0.5) is 4.39 Å². The van der Waals surface area contributed by atoms with Gasteiger partial charge in [-0.25, -0.2) is 9.07 Å². The summed E-state index contributed by atoms with van der Waals surface area (Å²) in [5.41, 5.74) is 4.92. The average molecular weight is 435 g/mol. The maximum atomic E-state index is 14.8. The molecule has 0 unspecified atom stereocenters. The van der Waals surface area contributed by atoms with Gasteiger partial charge in [-0.2, -0.15) is 5.10 Å². The third-order valence-electron chi connectivity index (χ3n) is 5.54. The average Bonchev–Trinajstić information content (AvgIpc) is 3.30. The maximum absolute atomic E-state index is 14.8. The highest BCUT2D eigenvalue weighted by molar-refractivity contribution is 5.89. The fourth-order valence-electron chi connectivity index (χ4n) is 3.83. The van der Waals surface area contributed by atoms with E-state index in [4.69, 9.17) is 4.74 Å². The zero-order valence-corrected chi connectivity index (χ0v) is 18.1. The molecule has 0 aliphatic carbocycles. The fraction of sp³-hybridized carbons (Fsp3) is 0.0690. The minimum absolute atomic E-state index is 0.226. The van der Waals surface area contributed by atoms with E-state index in [0.717, 1.165) is 28.5 Å². The minimum Gasteiger partial charge on any atom is -0.486 e. The van der Waals surface area contributed by atoms with Crippen LogP contribution in [0, 0.1) is 5.82 Å². The summed E-state index contributed by atoms with van der Waals surface area (Å²) >= 11 is 0. The second-order valence-corrected chi connectivity index (χ2v) is 7.82. The molecule has 0 saturated carbocycles. The van der Waals surface area contributed by atoms with Crippen molar-refractivity contribution in [3.8, 4) is 11.4 Å². The largest absolute Gasteiger partial charge is 0.486 e. The van der Waals surface area contributed by atoms with Crippen LogP contribution in [0.15, 0.2) is 109 Å². The molecule has 162 valence electrons. The Labute approximate surface area is 192 Å². The van der Waals surface area contributed by atoms with Crippen LogP contribution < -0.4 is 4.74 Å². The molecule has 4 aromatic carbocycles. The highest BCUT2D eigenvalue weighted by Gasteiger charge is 2.11. The second-order valence-electron chi connectivity index (χ2n) is 7.82. The number of hydrogen-bond acceptors (Lipinski definition) is 2. The van der Waals surface area contributed by atoms with Crippen molar-refractivity contribution >= 4 is 17.0 Å². The Hall–Kier alpha value is -4.18. The van der Waals surface area contributed by atoms with Crippen LogP contribution in [0.25, 0.3) is 22.7 Å². The molecule has 3 nitrogen and oxygen atoms in total. The molecule has 0 spiro atoms. The third-order valence-corrected chi connectivity index (χ3v) is 5.54. The summed E-state index contributed by atoms with van der Waals surface area (Å²) in [6.07, 6.45) is 6.96. The highest BCUT2D eigenvalue weighted by atomic mass is 19.1. The zero-order chi connectivity index (χ0) is 22.5. The van der Waals surface area contributed by atoms with Crippen molar-refractivity contribution in [3.05, 3.63) is 132 Å². The van der Waals surface area contributed by atoms with E-state index in [2.05, 4.69) is 35.4 Å². The van der Waals surface area contributed by atoms with Crippen molar-refractivity contribution in [2.45, 2.75) is 13.0 Å². The predicted octanol–water partition coefficient (Wildman–Crippen LogP) is 7.00. The molecule has 0 aliphatic heterocycles. The summed E-state index contributed by atoms with van der Waals surface area (Å²) < 4.78 is 22.2. The number of halogens is 1. The Bertz CT molecular complexity index is 1390. The predicted molar refractivity (Wildman–Crippen MR) is 131 cm³/mol. The lowest BCUT2D eigenvalue weighted by Gasteiger charge is -2.10. The summed E-state index contributed by atoms with van der Waals surface area (Å²) in [6.45, 7) is 0.320. The fourth-order valence-corrected chi connectivity index (χ4v) is 3.83. The van der Waals surface area contributed by atoms with Crippen LogP contribution in [0.1, 0.15) is 16.7 Å². The number of aromatic nitrogens is 2. The molecule has 0 N–H and O–H groups in total. The number of allylic oxidation sites excluding steroid dienone is 1. The van der Waals surface area contributed by atoms with Crippen LogP contribution in [0.5, 0.6) is 5.75 Å². The standard InChI is InChI=1S/C29H23FN2O/c30-27-19-25(17-18-29(27)33-21-23-11-5-2-6-12-23)32-28-16-8-15-24(26(28)20-31-32)14-7-13-22-9-3-1-4-10-22/h1-12,14-20H,13,21H2/b14-7-. The highest BCUT2D eigenvalue weighted by Crippen LogP contribution is 2.26. The van der Waals surface area contributed by atoms with Crippen molar-refractivity contribution in [1.82, 2.24) is 9.78 Å². The van der Waals surface area contributed by atoms with E-state index in [9.17, 15) is 4.39 Å². The molecule has 1 aromatic heterocycles. The molecule has 0 amide bonds. The Morgan fingerprint density at radius 3 is 2.33 bits per heavy atom. The van der Waals surface area contributed by atoms with Crippen molar-refractivity contribution in [3.63, 3.8) is 0 Å². The summed E-state index contributed by atoms with van der Waals surface area (Å²) in [7, 11) is 0. The van der Waals surface area contributed by atoms with Crippen molar-refractivity contribution in [2.75, 3.05) is 0 Å². The first-order valence-electron chi connectivity index (χ1n) is 10.9. The number of hydrogen-bond donors (Lipinski definition) is 0. The Balaban J connectivity index is 1.36. The number of nitrogens with zero attached hydrogens (tertiary/aromatic N) is 2. The molecule has 0 saturated heterocycles. The van der Waals surface area contributed by atoms with Crippen molar-refractivity contribution < 1.29 is 9.13 Å². The normalized spacial score (nSPS) is 11.3. The van der Waals surface area contributed by atoms with E-state index < -0.39 is 5.82 Å². The van der Waals surface area contributed by atoms with Gasteiger partial charge in [-0.15, -0.1) is 0 Å². The van der Waals surface area contributed by atoms with E-state index >= 15 is 0 Å². The van der Waals surface area contributed by atoms with Crippen molar-refractivity contribution in [1.29, 1.82) is 0 Å². The molecule has 1 heterocycles. The smallest absolute Gasteiger partial charge is 0.167 e. The van der Waals surface area contributed by atoms with Crippen LogP contribution in [0.2, 0.25) is 0 Å². The topological polar surface area (TPSA) is 27.1 Å². The van der Waals surface area contributed by atoms with Gasteiger partial charge in [0.05, 0.1) is 17.4 Å². The molecule has 0 fully saturated rings. The summed E-state index contributed by atoms with van der Waals surface area (Å²) in [4.78, 5) is 0. The van der Waals surface area contributed by atoms with Gasteiger partial charge < -0.3 is 4.74 Å². The molecule has 0 aliphatic rings. The van der Waals surface area contributed by atoms with Gasteiger partial charge in [0.2, 0.25) is 0 Å². The molecule has 0 atom stereocenters. The lowest BCUT2D eigenvalue weighted by Crippen LogP contribution is -2.00. The molecule has 0 radical (unpaired) electrons. The van der Waals surface area contributed by atoms with E-state index in [0.29, 0.717) is 12.3 Å². The maximum Gasteiger partial charge on any atom is 0.167 e. The van der Waals surface area contributed by atoms with Crippen LogP contribution in [0.3, 0.4) is 0 Å². The lowest BCUT2D eigenvalue weighted by atomic mass is 10.1. The van der Waals surface area contributed by atoms with Crippen LogP contribution in [-0.4, -0.2) is 9.78 Å². The van der Waals surface area contributed by atoms with Gasteiger partial charge in [-0.1, -0.05) is 84.9 Å². The van der Waals surface area contributed by atoms with E-state index in [1.54, 1.807) is 10.7 Å². The monoisotopic (exact) mass is 434 g/mol. The minimum atomic E-state index is -0.411. The van der Waals surface area contributed by atoms with Gasteiger partial charge >= 0.3 is 0 Å². The molecule has 4 heteroatoms. The third kappa shape index (κ3) is 4.70. The number of fused-ring (bicyclic) bond motifs is 1. The number of benzene rings is 4. The van der Waals surface area contributed by atoms with Gasteiger partial charge in [-0.05, 0) is 41.3 Å². The van der Waals surface area contributed by atoms with E-state index in [-0.39, 0.29) is 5.75 Å². The summed E-state index contributed by atoms with van der Waals surface area (Å²) in [6, 6.07) is 31.1. The van der Waals surface area contributed by atoms with Crippen LogP contribution >= 0.6 is 0 Å². The van der Waals surface area contributed by atoms with Gasteiger partial charge in [0.1, 0.15) is 6.61 Å². The molecule has 33 heavy (non-hydrogen) atoms. The Morgan fingerprint density at radius 2 is 1.58 bits per heavy atom. The van der Waals surface area contributed by atoms with Gasteiger partial charge in [0.25, 0.3) is 0 Å². The van der Waals surface area contributed by atoms with Gasteiger partial charge in [0.15, 0.2) is 11.6 Å². The molecular formula is C29H23FN2O. The quantitative estimate of drug-likeness (QED) is 0.276. The molecule has 5 rings (SSSR count). The Morgan fingerprint density at radius 1 is 0.818 bits per heavy atom. The number of ether oxygens (including phenoxy) is 1. The molecule has 5 aromatic rings. The zero-order valence-electron chi connectivity index (χ0n) is 18.1. The molecule has 0 bridgehead atoms. The first kappa shape index (κ1) is 20.7. The SMILES string of the molecule is Fc1cc(-n2ncc3c(/C=C\Cc4ccccc4)cccc32)ccc1OCc1ccccc1. The van der Waals surface area contributed by atoms with Gasteiger partial charge in [0, 0.05) is 11.5 Å². The first-order chi connectivity index (χ1) is 16.3. The van der Waals surface area contributed by atoms with E-state index in [1.807, 2.05) is 72.9 Å². The van der Waals surface area contributed by atoms with E-state index in [1.165, 1.54) is 11.6 Å². The lowest BCUT2D eigenvalue weighted by molar-refractivity contribution is 0.290. The van der Waals surface area contributed by atoms with Crippen LogP contribution in [-0.2, 0) is 13.0 Å². The first-order valence-corrected chi connectivity index (χ1v) is 10.9. The number of rotatable bonds is 7. The Kier molecular flexibility index (Phi) is 5.98. The molecular weight excluding hydrogens is 411 g/mol. The second kappa shape index (κ2) is 9.53. The van der Waals surface area contributed by atoms with Crippen molar-refractivity contribution in [2.24, 2.45) is 0 Å². The summed E-state index contributed by atoms with van der Waals surface area (Å²) in [5.74, 6) is -0.186.